The van der Waals surface area contributed by atoms with Crippen LogP contribution in [-0.2, 0) is 9.16 Å². The lowest BCUT2D eigenvalue weighted by Gasteiger charge is -2.44. The highest BCUT2D eigenvalue weighted by Crippen LogP contribution is 2.39. The number of aliphatic hydroxyl groups is 1. The fourth-order valence-corrected chi connectivity index (χ4v) is 11.2. The number of ether oxygens (including phenoxy) is 1. The minimum Gasteiger partial charge on any atom is -0.543 e. The fraction of sp³-hybridized carbons (Fsp3) is 0.474. The molecule has 0 heterocycles. The Kier molecular flexibility index (Phi) is 12.1. The first-order chi connectivity index (χ1) is 20.5. The summed E-state index contributed by atoms with van der Waals surface area (Å²) < 4.78 is 19.5. The number of hydrogen-bond donors (Lipinski definition) is 1. The number of methoxy groups -OCH3 is 1. The Hall–Kier alpha value is -2.49. The lowest BCUT2D eigenvalue weighted by Crippen LogP contribution is -2.67. The number of aliphatic hydroxyl groups excluding tert-OH is 1. The molecule has 240 valence electrons. The van der Waals surface area contributed by atoms with Gasteiger partial charge in [-0.1, -0.05) is 140 Å². The van der Waals surface area contributed by atoms with Crippen molar-refractivity contribution in [1.82, 2.24) is 0 Å². The van der Waals surface area contributed by atoms with Gasteiger partial charge < -0.3 is 18.7 Å². The van der Waals surface area contributed by atoms with Gasteiger partial charge in [-0.3, -0.25) is 0 Å². The van der Waals surface area contributed by atoms with Crippen molar-refractivity contribution in [1.29, 1.82) is 0 Å². The third-order valence-corrected chi connectivity index (χ3v) is 18.7. The molecule has 0 amide bonds. The van der Waals surface area contributed by atoms with E-state index in [1.54, 1.807) is 7.11 Å². The molecule has 0 aliphatic heterocycles. The molecule has 6 heteroatoms. The Morgan fingerprint density at radius 2 is 1.30 bits per heavy atom. The maximum atomic E-state index is 11.5. The van der Waals surface area contributed by atoms with Crippen molar-refractivity contribution >= 4 is 27.0 Å². The zero-order valence-electron chi connectivity index (χ0n) is 28.9. The van der Waals surface area contributed by atoms with E-state index >= 15 is 0 Å². The molecule has 4 atom stereocenters. The van der Waals surface area contributed by atoms with Crippen LogP contribution in [0.4, 0.5) is 0 Å². The Balaban J connectivity index is 1.77. The van der Waals surface area contributed by atoms with Gasteiger partial charge in [-0.2, -0.15) is 0 Å². The van der Waals surface area contributed by atoms with Crippen molar-refractivity contribution in [2.75, 3.05) is 13.7 Å². The van der Waals surface area contributed by atoms with E-state index in [1.165, 1.54) is 10.4 Å². The number of hydrogen-bond acceptors (Lipinski definition) is 4. The van der Waals surface area contributed by atoms with Crippen LogP contribution in [0.2, 0.25) is 23.2 Å². The van der Waals surface area contributed by atoms with Gasteiger partial charge in [0.05, 0.1) is 6.10 Å². The molecule has 3 rings (SSSR count). The van der Waals surface area contributed by atoms with E-state index in [9.17, 15) is 5.11 Å². The third kappa shape index (κ3) is 8.40. The molecule has 0 saturated heterocycles. The van der Waals surface area contributed by atoms with E-state index in [0.717, 1.165) is 11.3 Å². The fourth-order valence-electron chi connectivity index (χ4n) is 5.55. The van der Waals surface area contributed by atoms with Crippen molar-refractivity contribution < 1.29 is 18.7 Å². The highest BCUT2D eigenvalue weighted by molar-refractivity contribution is 6.99. The molecule has 0 fully saturated rings. The number of benzene rings is 3. The van der Waals surface area contributed by atoms with Crippen LogP contribution in [0.5, 0.6) is 5.75 Å². The zero-order valence-corrected chi connectivity index (χ0v) is 30.9. The predicted molar refractivity (Wildman–Crippen MR) is 191 cm³/mol. The lowest BCUT2D eigenvalue weighted by molar-refractivity contribution is 0.0543. The molecule has 4 nitrogen and oxygen atoms in total. The summed E-state index contributed by atoms with van der Waals surface area (Å²) in [4.78, 5) is 0. The Morgan fingerprint density at radius 1 is 0.750 bits per heavy atom. The third-order valence-electron chi connectivity index (χ3n) is 9.31. The molecular formula is C38H56O4Si2. The second kappa shape index (κ2) is 14.7. The quantitative estimate of drug-likeness (QED) is 0.152. The second-order valence-corrected chi connectivity index (χ2v) is 23.8. The highest BCUT2D eigenvalue weighted by atomic mass is 28.4. The van der Waals surface area contributed by atoms with Gasteiger partial charge in [0, 0.05) is 25.6 Å². The summed E-state index contributed by atoms with van der Waals surface area (Å²) in [5.74, 6) is 0.724. The number of rotatable bonds is 13. The first-order valence-corrected chi connectivity index (χ1v) is 20.8. The van der Waals surface area contributed by atoms with Crippen molar-refractivity contribution in [3.63, 3.8) is 0 Å². The second-order valence-electron chi connectivity index (χ2n) is 14.8. The smallest absolute Gasteiger partial charge is 0.261 e. The van der Waals surface area contributed by atoms with E-state index in [1.807, 2.05) is 12.1 Å². The molecule has 0 aliphatic carbocycles. The van der Waals surface area contributed by atoms with Crippen LogP contribution in [0, 0.1) is 11.8 Å². The SMILES string of the molecule is CO[C@@H](/C=C/[C@H](C)[C@@H](O)[C@@H](C)CO[Si](c1ccccc1)(c1ccccc1)C(C)(C)C)c1cccc(O[Si](C)(C)C(C)(C)C)c1. The van der Waals surface area contributed by atoms with Crippen molar-refractivity contribution in [3.8, 4) is 5.75 Å². The summed E-state index contributed by atoms with van der Waals surface area (Å²) in [6, 6.07) is 29.5. The van der Waals surface area contributed by atoms with E-state index in [2.05, 4.69) is 153 Å². The average Bonchev–Trinajstić information content (AvgIpc) is 2.97. The van der Waals surface area contributed by atoms with Gasteiger partial charge in [0.1, 0.15) is 11.9 Å². The van der Waals surface area contributed by atoms with Crippen LogP contribution in [0.15, 0.2) is 97.1 Å². The van der Waals surface area contributed by atoms with Gasteiger partial charge in [-0.05, 0) is 51.2 Å². The van der Waals surface area contributed by atoms with Gasteiger partial charge in [0.15, 0.2) is 0 Å². The normalized spacial score (nSPS) is 16.0. The van der Waals surface area contributed by atoms with Crippen LogP contribution in [0.25, 0.3) is 0 Å². The van der Waals surface area contributed by atoms with Gasteiger partial charge in [-0.25, -0.2) is 0 Å². The molecule has 0 unspecified atom stereocenters. The van der Waals surface area contributed by atoms with E-state index in [4.69, 9.17) is 13.6 Å². The van der Waals surface area contributed by atoms with Gasteiger partial charge >= 0.3 is 0 Å². The Morgan fingerprint density at radius 3 is 1.77 bits per heavy atom. The summed E-state index contributed by atoms with van der Waals surface area (Å²) in [6.07, 6.45) is 3.31. The molecule has 3 aromatic rings. The molecule has 0 aliphatic rings. The molecule has 0 aromatic heterocycles. The molecule has 0 spiro atoms. The molecule has 0 saturated carbocycles. The van der Waals surface area contributed by atoms with Crippen LogP contribution in [0.1, 0.15) is 67.1 Å². The molecule has 0 bridgehead atoms. The summed E-state index contributed by atoms with van der Waals surface area (Å²) in [5.41, 5.74) is 1.03. The van der Waals surface area contributed by atoms with Crippen LogP contribution in [0.3, 0.4) is 0 Å². The molecule has 0 radical (unpaired) electrons. The molecule has 3 aromatic carbocycles. The van der Waals surface area contributed by atoms with Crippen LogP contribution in [-0.4, -0.2) is 41.6 Å². The zero-order chi connectivity index (χ0) is 32.8. The van der Waals surface area contributed by atoms with Gasteiger partial charge in [0.2, 0.25) is 8.32 Å². The average molecular weight is 633 g/mol. The van der Waals surface area contributed by atoms with Gasteiger partial charge in [-0.15, -0.1) is 0 Å². The molecular weight excluding hydrogens is 577 g/mol. The molecule has 44 heavy (non-hydrogen) atoms. The predicted octanol–water partition coefficient (Wildman–Crippen LogP) is 8.52. The van der Waals surface area contributed by atoms with E-state index in [0.29, 0.717) is 6.61 Å². The minimum atomic E-state index is -2.67. The largest absolute Gasteiger partial charge is 0.543 e. The van der Waals surface area contributed by atoms with Crippen LogP contribution >= 0.6 is 0 Å². The Bertz CT molecular complexity index is 1290. The van der Waals surface area contributed by atoms with Crippen molar-refractivity contribution in [3.05, 3.63) is 103 Å². The summed E-state index contributed by atoms with van der Waals surface area (Å²) in [5, 5.41) is 14.0. The van der Waals surface area contributed by atoms with E-state index in [-0.39, 0.29) is 28.0 Å². The summed E-state index contributed by atoms with van der Waals surface area (Å²) >= 11 is 0. The first kappa shape index (κ1) is 36.0. The molecule has 1 N–H and O–H groups in total. The monoisotopic (exact) mass is 632 g/mol. The maximum absolute atomic E-state index is 11.5. The topological polar surface area (TPSA) is 47.9 Å². The minimum absolute atomic E-state index is 0.0707. The Labute approximate surface area is 269 Å². The van der Waals surface area contributed by atoms with E-state index < -0.39 is 22.7 Å². The highest BCUT2D eigenvalue weighted by Gasteiger charge is 2.50. The van der Waals surface area contributed by atoms with Crippen molar-refractivity contribution in [2.24, 2.45) is 11.8 Å². The summed E-state index contributed by atoms with van der Waals surface area (Å²) in [6.45, 7) is 22.7. The standard InChI is InChI=1S/C38H56O4Si2/c1-29(25-26-35(40-9)31-19-18-20-32(27-31)42-43(10,11)37(3,4)5)36(39)30(2)28-41-44(38(6,7)8,33-21-14-12-15-22-33)34-23-16-13-17-24-34/h12-27,29-30,35-36,39H,28H2,1-11H3/b26-25+/t29-,30-,35-,36+/m0/s1. The summed E-state index contributed by atoms with van der Waals surface area (Å²) in [7, 11) is -2.91. The van der Waals surface area contributed by atoms with Crippen molar-refractivity contribution in [2.45, 2.75) is 90.8 Å². The van der Waals surface area contributed by atoms with Gasteiger partial charge in [0.25, 0.3) is 8.32 Å². The lowest BCUT2D eigenvalue weighted by atomic mass is 9.93. The first-order valence-electron chi connectivity index (χ1n) is 16.0. The maximum Gasteiger partial charge on any atom is 0.261 e. The van der Waals surface area contributed by atoms with Crippen LogP contribution < -0.4 is 14.8 Å².